The van der Waals surface area contributed by atoms with E-state index in [2.05, 4.69) is 13.8 Å². The molecule has 1 saturated heterocycles. The SMILES string of the molecule is CC1CC(C)CN(S(=O)(=O)c2ccc(C(=O)N(C)C(C3CC3)C3CC3)cc2)C1. The molecular formula is C22H32N2O3S. The Balaban J connectivity index is 1.49. The monoisotopic (exact) mass is 404 g/mol. The Kier molecular flexibility index (Phi) is 5.29. The van der Waals surface area contributed by atoms with Crippen molar-refractivity contribution in [2.45, 2.75) is 56.9 Å². The number of piperidine rings is 1. The Morgan fingerprint density at radius 2 is 1.50 bits per heavy atom. The predicted octanol–water partition coefficient (Wildman–Crippen LogP) is 3.61. The van der Waals surface area contributed by atoms with Crippen LogP contribution in [0.3, 0.4) is 0 Å². The minimum absolute atomic E-state index is 0.00737. The Morgan fingerprint density at radius 1 is 1.00 bits per heavy atom. The average molecular weight is 405 g/mol. The molecule has 0 radical (unpaired) electrons. The minimum Gasteiger partial charge on any atom is -0.338 e. The number of carbonyl (C=O) groups excluding carboxylic acids is 1. The van der Waals surface area contributed by atoms with Gasteiger partial charge in [0.2, 0.25) is 10.0 Å². The van der Waals surface area contributed by atoms with Gasteiger partial charge in [0.25, 0.3) is 5.91 Å². The van der Waals surface area contributed by atoms with Crippen LogP contribution in [0.5, 0.6) is 0 Å². The van der Waals surface area contributed by atoms with Crippen molar-refractivity contribution < 1.29 is 13.2 Å². The van der Waals surface area contributed by atoms with E-state index >= 15 is 0 Å². The second kappa shape index (κ2) is 7.45. The lowest BCUT2D eigenvalue weighted by Gasteiger charge is -2.34. The zero-order valence-corrected chi connectivity index (χ0v) is 18.0. The van der Waals surface area contributed by atoms with E-state index in [1.807, 2.05) is 11.9 Å². The molecule has 1 heterocycles. The highest BCUT2D eigenvalue weighted by atomic mass is 32.2. The van der Waals surface area contributed by atoms with Crippen LogP contribution >= 0.6 is 0 Å². The van der Waals surface area contributed by atoms with Crippen molar-refractivity contribution in [1.29, 1.82) is 0 Å². The van der Waals surface area contributed by atoms with Crippen LogP contribution in [0, 0.1) is 23.7 Å². The summed E-state index contributed by atoms with van der Waals surface area (Å²) >= 11 is 0. The van der Waals surface area contributed by atoms with E-state index in [0.29, 0.717) is 48.4 Å². The summed E-state index contributed by atoms with van der Waals surface area (Å²) in [6.45, 7) is 5.35. The second-order valence-corrected chi connectivity index (χ2v) is 11.3. The largest absolute Gasteiger partial charge is 0.338 e. The Hall–Kier alpha value is -1.40. The lowest BCUT2D eigenvalue weighted by Crippen LogP contribution is -2.42. The molecule has 0 bridgehead atoms. The van der Waals surface area contributed by atoms with Gasteiger partial charge in [-0.25, -0.2) is 8.42 Å². The fourth-order valence-electron chi connectivity index (χ4n) is 4.95. The van der Waals surface area contributed by atoms with E-state index in [1.54, 1.807) is 28.6 Å². The summed E-state index contributed by atoms with van der Waals surface area (Å²) in [5, 5.41) is 0. The highest BCUT2D eigenvalue weighted by molar-refractivity contribution is 7.89. The predicted molar refractivity (Wildman–Crippen MR) is 109 cm³/mol. The van der Waals surface area contributed by atoms with E-state index in [4.69, 9.17) is 0 Å². The van der Waals surface area contributed by atoms with E-state index in [-0.39, 0.29) is 10.8 Å². The van der Waals surface area contributed by atoms with E-state index in [0.717, 1.165) is 6.42 Å². The molecule has 1 aromatic carbocycles. The molecule has 0 spiro atoms. The van der Waals surface area contributed by atoms with Crippen molar-refractivity contribution in [3.05, 3.63) is 29.8 Å². The van der Waals surface area contributed by atoms with E-state index in [9.17, 15) is 13.2 Å². The van der Waals surface area contributed by atoms with Crippen molar-refractivity contribution in [2.75, 3.05) is 20.1 Å². The molecule has 6 heteroatoms. The first-order valence-electron chi connectivity index (χ1n) is 10.6. The summed E-state index contributed by atoms with van der Waals surface area (Å²) in [6.07, 6.45) is 5.96. The summed E-state index contributed by atoms with van der Waals surface area (Å²) in [5.41, 5.74) is 0.577. The normalized spacial score (nSPS) is 26.4. The highest BCUT2D eigenvalue weighted by Gasteiger charge is 2.45. The van der Waals surface area contributed by atoms with Crippen molar-refractivity contribution in [1.82, 2.24) is 9.21 Å². The fourth-order valence-corrected chi connectivity index (χ4v) is 6.63. The molecule has 2 aliphatic carbocycles. The summed E-state index contributed by atoms with van der Waals surface area (Å²) in [5.74, 6) is 2.06. The standard InChI is InChI=1S/C22H32N2O3S/c1-15-12-16(2)14-24(13-15)28(26,27)20-10-8-19(9-11-20)22(25)23(3)21(17-4-5-17)18-6-7-18/h8-11,15-18,21H,4-7,12-14H2,1-3H3. The summed E-state index contributed by atoms with van der Waals surface area (Å²) < 4.78 is 27.7. The molecule has 0 aromatic heterocycles. The lowest BCUT2D eigenvalue weighted by atomic mass is 9.94. The first kappa shape index (κ1) is 19.9. The van der Waals surface area contributed by atoms with Gasteiger partial charge in [-0.2, -0.15) is 4.31 Å². The third kappa shape index (κ3) is 3.99. The van der Waals surface area contributed by atoms with Crippen LogP contribution in [0.1, 0.15) is 56.3 Å². The first-order chi connectivity index (χ1) is 13.3. The Morgan fingerprint density at radius 3 is 1.96 bits per heavy atom. The van der Waals surface area contributed by atoms with Crippen LogP contribution < -0.4 is 0 Å². The van der Waals surface area contributed by atoms with Gasteiger partial charge in [-0.1, -0.05) is 13.8 Å². The van der Waals surface area contributed by atoms with Crippen LogP contribution in [0.15, 0.2) is 29.2 Å². The molecule has 5 nitrogen and oxygen atoms in total. The molecular weight excluding hydrogens is 372 g/mol. The van der Waals surface area contributed by atoms with Gasteiger partial charge in [-0.15, -0.1) is 0 Å². The zero-order valence-electron chi connectivity index (χ0n) is 17.2. The molecule has 1 amide bonds. The molecule has 28 heavy (non-hydrogen) atoms. The van der Waals surface area contributed by atoms with Crippen LogP contribution in [0.2, 0.25) is 0 Å². The van der Waals surface area contributed by atoms with E-state index in [1.165, 1.54) is 25.7 Å². The fraction of sp³-hybridized carbons (Fsp3) is 0.682. The van der Waals surface area contributed by atoms with E-state index < -0.39 is 10.0 Å². The number of carbonyl (C=O) groups is 1. The van der Waals surface area contributed by atoms with Crippen molar-refractivity contribution in [3.63, 3.8) is 0 Å². The molecule has 2 saturated carbocycles. The van der Waals surface area contributed by atoms with Gasteiger partial charge in [0.15, 0.2) is 0 Å². The molecule has 4 rings (SSSR count). The smallest absolute Gasteiger partial charge is 0.253 e. The average Bonchev–Trinajstić information content (AvgIpc) is 3.55. The number of nitrogens with zero attached hydrogens (tertiary/aromatic N) is 2. The summed E-state index contributed by atoms with van der Waals surface area (Å²) in [6, 6.07) is 6.92. The molecule has 3 fully saturated rings. The van der Waals surface area contributed by atoms with Gasteiger partial charge < -0.3 is 4.90 Å². The van der Waals surface area contributed by atoms with Crippen LogP contribution in [0.4, 0.5) is 0 Å². The summed E-state index contributed by atoms with van der Waals surface area (Å²) in [7, 11) is -1.60. The molecule has 1 aliphatic heterocycles. The minimum atomic E-state index is -3.51. The Labute approximate surface area is 169 Å². The summed E-state index contributed by atoms with van der Waals surface area (Å²) in [4.78, 5) is 15.2. The van der Waals surface area contributed by atoms with Gasteiger partial charge in [0.05, 0.1) is 4.90 Å². The molecule has 154 valence electrons. The van der Waals surface area contributed by atoms with Crippen molar-refractivity contribution in [2.24, 2.45) is 23.7 Å². The zero-order chi connectivity index (χ0) is 20.1. The van der Waals surface area contributed by atoms with Crippen LogP contribution in [-0.4, -0.2) is 49.7 Å². The number of hydrogen-bond acceptors (Lipinski definition) is 3. The quantitative estimate of drug-likeness (QED) is 0.728. The number of benzene rings is 1. The van der Waals surface area contributed by atoms with Crippen molar-refractivity contribution >= 4 is 15.9 Å². The highest BCUT2D eigenvalue weighted by Crippen LogP contribution is 2.47. The molecule has 1 aromatic rings. The maximum absolute atomic E-state index is 13.0. The maximum atomic E-state index is 13.0. The molecule has 0 N–H and O–H groups in total. The third-order valence-corrected chi connectivity index (χ3v) is 8.40. The van der Waals surface area contributed by atoms with Crippen LogP contribution in [-0.2, 0) is 10.0 Å². The number of sulfonamides is 1. The van der Waals surface area contributed by atoms with Gasteiger partial charge in [0, 0.05) is 31.7 Å². The van der Waals surface area contributed by atoms with Crippen LogP contribution in [0.25, 0.3) is 0 Å². The van der Waals surface area contributed by atoms with Crippen molar-refractivity contribution in [3.8, 4) is 0 Å². The number of amides is 1. The van der Waals surface area contributed by atoms with Gasteiger partial charge in [0.1, 0.15) is 0 Å². The second-order valence-electron chi connectivity index (χ2n) is 9.37. The van der Waals surface area contributed by atoms with Gasteiger partial charge in [-0.05, 0) is 80.0 Å². The maximum Gasteiger partial charge on any atom is 0.253 e. The number of rotatable bonds is 6. The third-order valence-electron chi connectivity index (χ3n) is 6.55. The lowest BCUT2D eigenvalue weighted by molar-refractivity contribution is 0.0690. The molecule has 2 atom stereocenters. The Bertz CT molecular complexity index is 806. The first-order valence-corrected chi connectivity index (χ1v) is 12.1. The van der Waals surface area contributed by atoms with Gasteiger partial charge >= 0.3 is 0 Å². The topological polar surface area (TPSA) is 57.7 Å². The molecule has 2 unspecified atom stereocenters. The number of hydrogen-bond donors (Lipinski definition) is 0. The van der Waals surface area contributed by atoms with Gasteiger partial charge in [-0.3, -0.25) is 4.79 Å². The molecule has 3 aliphatic rings.